The normalized spacial score (nSPS) is 10.8. The molecule has 0 spiro atoms. The van der Waals surface area contributed by atoms with Crippen molar-refractivity contribution in [1.29, 1.82) is 0 Å². The van der Waals surface area contributed by atoms with Gasteiger partial charge in [0.25, 0.3) is 5.91 Å². The zero-order chi connectivity index (χ0) is 13.4. The van der Waals surface area contributed by atoms with Gasteiger partial charge in [0, 0.05) is 35.9 Å². The molecule has 0 aliphatic rings. The highest BCUT2D eigenvalue weighted by molar-refractivity contribution is 5.96. The summed E-state index contributed by atoms with van der Waals surface area (Å²) in [4.78, 5) is 19.2. The molecular formula is C14H12N4O. The molecule has 0 saturated heterocycles. The minimum Gasteiger partial charge on any atom is -0.363 e. The molecule has 0 fully saturated rings. The Morgan fingerprint density at radius 3 is 2.84 bits per heavy atom. The van der Waals surface area contributed by atoms with Crippen molar-refractivity contribution in [2.75, 3.05) is 0 Å². The van der Waals surface area contributed by atoms with E-state index in [1.165, 1.54) is 0 Å². The fourth-order valence-corrected chi connectivity index (χ4v) is 2.17. The molecule has 0 bridgehead atoms. The van der Waals surface area contributed by atoms with Crippen molar-refractivity contribution in [1.82, 2.24) is 14.5 Å². The summed E-state index contributed by atoms with van der Waals surface area (Å²) >= 11 is 0. The molecule has 1 amide bonds. The van der Waals surface area contributed by atoms with Crippen LogP contribution in [-0.2, 0) is 7.05 Å². The van der Waals surface area contributed by atoms with E-state index in [9.17, 15) is 4.79 Å². The van der Waals surface area contributed by atoms with Crippen LogP contribution in [0.15, 0.2) is 42.7 Å². The topological polar surface area (TPSA) is 73.8 Å². The van der Waals surface area contributed by atoms with Gasteiger partial charge in [0.15, 0.2) is 0 Å². The third-order valence-corrected chi connectivity index (χ3v) is 3.05. The number of aryl methyl sites for hydroxylation is 1. The number of aromatic nitrogens is 3. The fourth-order valence-electron chi connectivity index (χ4n) is 2.17. The van der Waals surface area contributed by atoms with Gasteiger partial charge in [-0.15, -0.1) is 0 Å². The van der Waals surface area contributed by atoms with Crippen LogP contribution in [-0.4, -0.2) is 20.4 Å². The number of benzene rings is 1. The number of para-hydroxylation sites is 1. The van der Waals surface area contributed by atoms with Crippen LogP contribution in [0.3, 0.4) is 0 Å². The number of rotatable bonds is 2. The molecule has 1 aromatic carbocycles. The molecule has 0 unspecified atom stereocenters. The Morgan fingerprint density at radius 1 is 1.26 bits per heavy atom. The van der Waals surface area contributed by atoms with Crippen molar-refractivity contribution in [3.8, 4) is 11.3 Å². The maximum atomic E-state index is 11.1. The summed E-state index contributed by atoms with van der Waals surface area (Å²) in [6.45, 7) is 0. The zero-order valence-corrected chi connectivity index (χ0v) is 10.4. The molecule has 3 aromatic rings. The first-order valence-electron chi connectivity index (χ1n) is 5.84. The minimum atomic E-state index is -0.623. The zero-order valence-electron chi connectivity index (χ0n) is 10.4. The molecule has 0 aliphatic heterocycles. The predicted molar refractivity (Wildman–Crippen MR) is 72.5 cm³/mol. The number of fused-ring (bicyclic) bond motifs is 1. The van der Waals surface area contributed by atoms with Gasteiger partial charge in [-0.05, 0) is 12.1 Å². The first-order chi connectivity index (χ1) is 9.16. The van der Waals surface area contributed by atoms with Crippen molar-refractivity contribution in [3.05, 3.63) is 48.5 Å². The number of amides is 1. The first kappa shape index (κ1) is 11.4. The average molecular weight is 252 g/mol. The standard InChI is InChI=1S/C14H12N4O/c1-18-8-10(9-4-2-3-5-12(9)18)11-6-7-16-14(17-11)13(15)19/h2-8H,1H3,(H2,15,19). The molecule has 19 heavy (non-hydrogen) atoms. The van der Waals surface area contributed by atoms with Crippen LogP contribution in [0, 0.1) is 0 Å². The van der Waals surface area contributed by atoms with Gasteiger partial charge in [0.05, 0.1) is 5.69 Å². The predicted octanol–water partition coefficient (Wildman–Crippen LogP) is 1.73. The highest BCUT2D eigenvalue weighted by Gasteiger charge is 2.11. The Balaban J connectivity index is 2.25. The second-order valence-corrected chi connectivity index (χ2v) is 4.30. The number of nitrogens with two attached hydrogens (primary N) is 1. The van der Waals surface area contributed by atoms with E-state index in [0.717, 1.165) is 16.5 Å². The number of carbonyl (C=O) groups excluding carboxylic acids is 1. The molecule has 2 N–H and O–H groups in total. The lowest BCUT2D eigenvalue weighted by molar-refractivity contribution is 0.0990. The summed E-state index contributed by atoms with van der Waals surface area (Å²) in [6.07, 6.45) is 3.53. The summed E-state index contributed by atoms with van der Waals surface area (Å²) < 4.78 is 2.02. The van der Waals surface area contributed by atoms with Crippen molar-refractivity contribution < 1.29 is 4.79 Å². The lowest BCUT2D eigenvalue weighted by Crippen LogP contribution is -2.15. The molecule has 94 valence electrons. The van der Waals surface area contributed by atoms with Crippen molar-refractivity contribution in [3.63, 3.8) is 0 Å². The largest absolute Gasteiger partial charge is 0.363 e. The van der Waals surface area contributed by atoms with Gasteiger partial charge in [-0.3, -0.25) is 4.79 Å². The van der Waals surface area contributed by atoms with Crippen molar-refractivity contribution in [2.24, 2.45) is 12.8 Å². The average Bonchev–Trinajstić information content (AvgIpc) is 2.77. The molecule has 0 atom stereocenters. The van der Waals surface area contributed by atoms with Crippen LogP contribution < -0.4 is 5.73 Å². The molecule has 2 heterocycles. The molecular weight excluding hydrogens is 240 g/mol. The highest BCUT2D eigenvalue weighted by Crippen LogP contribution is 2.28. The summed E-state index contributed by atoms with van der Waals surface area (Å²) in [5, 5.41) is 1.08. The molecule has 0 radical (unpaired) electrons. The molecule has 0 aliphatic carbocycles. The van der Waals surface area contributed by atoms with Gasteiger partial charge >= 0.3 is 0 Å². The first-order valence-corrected chi connectivity index (χ1v) is 5.84. The van der Waals surface area contributed by atoms with E-state index in [1.54, 1.807) is 12.3 Å². The highest BCUT2D eigenvalue weighted by atomic mass is 16.1. The minimum absolute atomic E-state index is 0.0328. The van der Waals surface area contributed by atoms with Gasteiger partial charge in [-0.25, -0.2) is 9.97 Å². The number of primary amides is 1. The summed E-state index contributed by atoms with van der Waals surface area (Å²) in [5.74, 6) is -0.590. The Hall–Kier alpha value is -2.69. The number of nitrogens with zero attached hydrogens (tertiary/aromatic N) is 3. The Bertz CT molecular complexity index is 776. The third-order valence-electron chi connectivity index (χ3n) is 3.05. The van der Waals surface area contributed by atoms with E-state index in [2.05, 4.69) is 9.97 Å². The van der Waals surface area contributed by atoms with Gasteiger partial charge in [-0.2, -0.15) is 0 Å². The molecule has 3 rings (SSSR count). The van der Waals surface area contributed by atoms with E-state index in [4.69, 9.17) is 5.73 Å². The van der Waals surface area contributed by atoms with E-state index in [-0.39, 0.29) is 5.82 Å². The second kappa shape index (κ2) is 4.20. The summed E-state index contributed by atoms with van der Waals surface area (Å²) in [6, 6.07) is 9.79. The van der Waals surface area contributed by atoms with Crippen LogP contribution >= 0.6 is 0 Å². The van der Waals surface area contributed by atoms with Gasteiger partial charge in [-0.1, -0.05) is 18.2 Å². The smallest absolute Gasteiger partial charge is 0.286 e. The Kier molecular flexibility index (Phi) is 2.52. The monoisotopic (exact) mass is 252 g/mol. The van der Waals surface area contributed by atoms with Gasteiger partial charge in [0.1, 0.15) is 0 Å². The number of carbonyl (C=O) groups is 1. The Labute approximate surface area is 109 Å². The van der Waals surface area contributed by atoms with E-state index >= 15 is 0 Å². The maximum absolute atomic E-state index is 11.1. The lowest BCUT2D eigenvalue weighted by atomic mass is 10.1. The Morgan fingerprint density at radius 2 is 2.05 bits per heavy atom. The lowest BCUT2D eigenvalue weighted by Gasteiger charge is -2.00. The third kappa shape index (κ3) is 1.85. The number of hydrogen-bond donors (Lipinski definition) is 1. The number of hydrogen-bond acceptors (Lipinski definition) is 3. The van der Waals surface area contributed by atoms with Crippen molar-refractivity contribution >= 4 is 16.8 Å². The summed E-state index contributed by atoms with van der Waals surface area (Å²) in [5.41, 5.74) is 7.97. The van der Waals surface area contributed by atoms with Crippen LogP contribution in [0.1, 0.15) is 10.6 Å². The molecule has 5 heteroatoms. The van der Waals surface area contributed by atoms with Crippen LogP contribution in [0.4, 0.5) is 0 Å². The van der Waals surface area contributed by atoms with Gasteiger partial charge < -0.3 is 10.3 Å². The molecule has 2 aromatic heterocycles. The quantitative estimate of drug-likeness (QED) is 0.754. The van der Waals surface area contributed by atoms with Crippen LogP contribution in [0.5, 0.6) is 0 Å². The SMILES string of the molecule is Cn1cc(-c2ccnc(C(N)=O)n2)c2ccccc21. The fraction of sp³-hybridized carbons (Fsp3) is 0.0714. The van der Waals surface area contributed by atoms with E-state index < -0.39 is 5.91 Å². The summed E-state index contributed by atoms with van der Waals surface area (Å²) in [7, 11) is 1.97. The van der Waals surface area contributed by atoms with E-state index in [0.29, 0.717) is 5.69 Å². The maximum Gasteiger partial charge on any atom is 0.286 e. The van der Waals surface area contributed by atoms with E-state index in [1.807, 2.05) is 42.1 Å². The van der Waals surface area contributed by atoms with Gasteiger partial charge in [0.2, 0.25) is 5.82 Å². The van der Waals surface area contributed by atoms with Crippen LogP contribution in [0.2, 0.25) is 0 Å². The van der Waals surface area contributed by atoms with Crippen LogP contribution in [0.25, 0.3) is 22.2 Å². The van der Waals surface area contributed by atoms with Crippen molar-refractivity contribution in [2.45, 2.75) is 0 Å². The second-order valence-electron chi connectivity index (χ2n) is 4.30. The molecule has 0 saturated carbocycles. The molecule has 5 nitrogen and oxygen atoms in total.